The number of nitrogens with two attached hydrogens (primary N) is 1. The van der Waals surface area contributed by atoms with Gasteiger partial charge in [0.15, 0.2) is 5.03 Å². The van der Waals surface area contributed by atoms with Crippen molar-refractivity contribution in [2.75, 3.05) is 4.72 Å². The van der Waals surface area contributed by atoms with Crippen LogP contribution in [0.3, 0.4) is 0 Å². The second-order valence-corrected chi connectivity index (χ2v) is 5.25. The van der Waals surface area contributed by atoms with Crippen molar-refractivity contribution in [3.63, 3.8) is 0 Å². The van der Waals surface area contributed by atoms with Gasteiger partial charge in [0.25, 0.3) is 10.0 Å². The molecule has 6 nitrogen and oxygen atoms in total. The van der Waals surface area contributed by atoms with Crippen LogP contribution in [0.1, 0.15) is 5.56 Å². The fourth-order valence-electron chi connectivity index (χ4n) is 1.46. The first kappa shape index (κ1) is 13.4. The smallest absolute Gasteiger partial charge is 0.279 e. The molecule has 2 aromatic rings. The van der Waals surface area contributed by atoms with Gasteiger partial charge in [0.2, 0.25) is 0 Å². The molecule has 0 saturated heterocycles. The molecule has 0 unspecified atom stereocenters. The molecule has 4 N–H and O–H groups in total. The molecule has 1 aromatic carbocycles. The maximum atomic E-state index is 13.4. The second kappa shape index (κ2) is 4.94. The molecular formula is C10H10F2N4O2S. The Bertz CT molecular complexity index is 679. The SMILES string of the molecule is NCc1cn[nH]c1S(=O)(=O)Nc1c(F)cccc1F. The van der Waals surface area contributed by atoms with Crippen molar-refractivity contribution in [3.8, 4) is 0 Å². The number of H-pyrrole nitrogens is 1. The summed E-state index contributed by atoms with van der Waals surface area (Å²) in [5.41, 5.74) is 4.81. The van der Waals surface area contributed by atoms with Crippen LogP contribution in [0.15, 0.2) is 29.4 Å². The number of halogens is 2. The zero-order valence-electron chi connectivity index (χ0n) is 9.52. The van der Waals surface area contributed by atoms with Crippen LogP contribution in [0.2, 0.25) is 0 Å². The summed E-state index contributed by atoms with van der Waals surface area (Å²) in [6.07, 6.45) is 1.23. The van der Waals surface area contributed by atoms with Gasteiger partial charge in [-0.2, -0.15) is 13.5 Å². The van der Waals surface area contributed by atoms with Crippen molar-refractivity contribution in [2.24, 2.45) is 5.73 Å². The lowest BCUT2D eigenvalue weighted by Crippen LogP contribution is -2.18. The summed E-state index contributed by atoms with van der Waals surface area (Å²) in [4.78, 5) is 0. The second-order valence-electron chi connectivity index (χ2n) is 3.63. The van der Waals surface area contributed by atoms with E-state index in [2.05, 4.69) is 10.2 Å². The van der Waals surface area contributed by atoms with E-state index in [0.29, 0.717) is 0 Å². The number of anilines is 1. The van der Waals surface area contributed by atoms with Crippen LogP contribution >= 0.6 is 0 Å². The Morgan fingerprint density at radius 3 is 2.53 bits per heavy atom. The van der Waals surface area contributed by atoms with Gasteiger partial charge in [0.1, 0.15) is 17.3 Å². The standard InChI is InChI=1S/C10H10F2N4O2S/c11-7-2-1-3-8(12)9(7)16-19(17,18)10-6(4-13)5-14-15-10/h1-3,5,16H,4,13H2,(H,14,15). The number of hydrogen-bond donors (Lipinski definition) is 3. The van der Waals surface area contributed by atoms with E-state index in [1.165, 1.54) is 6.20 Å². The number of aromatic amines is 1. The van der Waals surface area contributed by atoms with Crippen LogP contribution in [-0.4, -0.2) is 18.6 Å². The fraction of sp³-hybridized carbons (Fsp3) is 0.100. The molecule has 9 heteroatoms. The highest BCUT2D eigenvalue weighted by atomic mass is 32.2. The number of sulfonamides is 1. The van der Waals surface area contributed by atoms with E-state index in [4.69, 9.17) is 5.73 Å². The number of nitrogens with zero attached hydrogens (tertiary/aromatic N) is 1. The first-order valence-corrected chi connectivity index (χ1v) is 6.63. The molecule has 0 aliphatic carbocycles. The van der Waals surface area contributed by atoms with Crippen LogP contribution < -0.4 is 10.5 Å². The number of hydrogen-bond acceptors (Lipinski definition) is 4. The number of rotatable bonds is 4. The number of aromatic nitrogens is 2. The summed E-state index contributed by atoms with van der Waals surface area (Å²) in [5.74, 6) is -2.03. The first-order valence-electron chi connectivity index (χ1n) is 5.15. The average Bonchev–Trinajstić information content (AvgIpc) is 2.83. The summed E-state index contributed by atoms with van der Waals surface area (Å²) in [5, 5.41) is 5.44. The van der Waals surface area contributed by atoms with E-state index in [0.717, 1.165) is 18.2 Å². The number of nitrogens with one attached hydrogen (secondary N) is 2. The molecule has 19 heavy (non-hydrogen) atoms. The molecule has 0 saturated carbocycles. The lowest BCUT2D eigenvalue weighted by molar-refractivity contribution is 0.580. The van der Waals surface area contributed by atoms with E-state index in [1.54, 1.807) is 0 Å². The molecule has 0 fully saturated rings. The molecule has 0 atom stereocenters. The summed E-state index contributed by atoms with van der Waals surface area (Å²) in [6, 6.07) is 3.01. The summed E-state index contributed by atoms with van der Waals surface area (Å²) in [6.45, 7) is -0.0769. The Labute approximate surface area is 107 Å². The molecule has 0 aliphatic rings. The van der Waals surface area contributed by atoms with Gasteiger partial charge < -0.3 is 5.73 Å². The Morgan fingerprint density at radius 1 is 1.32 bits per heavy atom. The van der Waals surface area contributed by atoms with Crippen LogP contribution in [0.4, 0.5) is 14.5 Å². The molecule has 0 aliphatic heterocycles. The largest absolute Gasteiger partial charge is 0.326 e. The molecule has 0 spiro atoms. The highest BCUT2D eigenvalue weighted by Gasteiger charge is 2.23. The first-order chi connectivity index (χ1) is 8.95. The Kier molecular flexibility index (Phi) is 3.49. The Balaban J connectivity index is 2.43. The molecule has 2 rings (SSSR count). The van der Waals surface area contributed by atoms with Crippen LogP contribution in [0.5, 0.6) is 0 Å². The zero-order valence-corrected chi connectivity index (χ0v) is 10.3. The third-order valence-electron chi connectivity index (χ3n) is 2.37. The van der Waals surface area contributed by atoms with E-state index in [9.17, 15) is 17.2 Å². The molecule has 1 heterocycles. The predicted octanol–water partition coefficient (Wildman–Crippen LogP) is 0.947. The van der Waals surface area contributed by atoms with E-state index in [-0.39, 0.29) is 17.1 Å². The van der Waals surface area contributed by atoms with E-state index >= 15 is 0 Å². The normalized spacial score (nSPS) is 11.5. The lowest BCUT2D eigenvalue weighted by atomic mass is 10.3. The van der Waals surface area contributed by atoms with Gasteiger partial charge in [-0.25, -0.2) is 8.78 Å². The lowest BCUT2D eigenvalue weighted by Gasteiger charge is -2.09. The van der Waals surface area contributed by atoms with Crippen molar-refractivity contribution in [3.05, 3.63) is 41.6 Å². The van der Waals surface area contributed by atoms with Gasteiger partial charge in [-0.15, -0.1) is 0 Å². The van der Waals surface area contributed by atoms with Crippen LogP contribution in [-0.2, 0) is 16.6 Å². The van der Waals surface area contributed by atoms with E-state index < -0.39 is 27.3 Å². The van der Waals surface area contributed by atoms with Gasteiger partial charge in [0.05, 0.1) is 6.20 Å². The van der Waals surface area contributed by atoms with Crippen LogP contribution in [0.25, 0.3) is 0 Å². The Hall–Kier alpha value is -2.00. The van der Waals surface area contributed by atoms with Crippen molar-refractivity contribution in [1.29, 1.82) is 0 Å². The summed E-state index contributed by atoms with van der Waals surface area (Å²) < 4.78 is 52.6. The minimum atomic E-state index is -4.19. The van der Waals surface area contributed by atoms with Crippen molar-refractivity contribution >= 4 is 15.7 Å². The quantitative estimate of drug-likeness (QED) is 0.779. The monoisotopic (exact) mass is 288 g/mol. The number of benzene rings is 1. The highest BCUT2D eigenvalue weighted by Crippen LogP contribution is 2.22. The van der Waals surface area contributed by atoms with E-state index in [1.807, 2.05) is 4.72 Å². The molecule has 102 valence electrons. The number of para-hydroxylation sites is 1. The van der Waals surface area contributed by atoms with Crippen molar-refractivity contribution in [2.45, 2.75) is 11.6 Å². The molecule has 0 bridgehead atoms. The van der Waals surface area contributed by atoms with Crippen LogP contribution in [0, 0.1) is 11.6 Å². The highest BCUT2D eigenvalue weighted by molar-refractivity contribution is 7.92. The predicted molar refractivity (Wildman–Crippen MR) is 63.6 cm³/mol. The minimum Gasteiger partial charge on any atom is -0.326 e. The zero-order chi connectivity index (χ0) is 14.0. The van der Waals surface area contributed by atoms with Gasteiger partial charge in [0, 0.05) is 12.1 Å². The maximum absolute atomic E-state index is 13.4. The maximum Gasteiger partial charge on any atom is 0.279 e. The third-order valence-corrected chi connectivity index (χ3v) is 3.73. The summed E-state index contributed by atoms with van der Waals surface area (Å²) in [7, 11) is -4.19. The average molecular weight is 288 g/mol. The van der Waals surface area contributed by atoms with Gasteiger partial charge in [-0.05, 0) is 12.1 Å². The van der Waals surface area contributed by atoms with Crippen molar-refractivity contribution < 1.29 is 17.2 Å². The molecule has 0 amide bonds. The molecular weight excluding hydrogens is 278 g/mol. The van der Waals surface area contributed by atoms with Gasteiger partial charge in [-0.1, -0.05) is 6.07 Å². The molecule has 0 radical (unpaired) electrons. The fourth-order valence-corrected chi connectivity index (χ4v) is 2.68. The summed E-state index contributed by atoms with van der Waals surface area (Å²) >= 11 is 0. The Morgan fingerprint density at radius 2 is 1.95 bits per heavy atom. The topological polar surface area (TPSA) is 101 Å². The van der Waals surface area contributed by atoms with Crippen molar-refractivity contribution in [1.82, 2.24) is 10.2 Å². The minimum absolute atomic E-state index is 0.0769. The van der Waals surface area contributed by atoms with Gasteiger partial charge in [-0.3, -0.25) is 9.82 Å². The molecule has 1 aromatic heterocycles. The third kappa shape index (κ3) is 2.56. The van der Waals surface area contributed by atoms with Gasteiger partial charge >= 0.3 is 0 Å².